The summed E-state index contributed by atoms with van der Waals surface area (Å²) < 4.78 is 5.46. The molecule has 1 fully saturated rings. The number of aromatic nitrogens is 2. The molecule has 32 heavy (non-hydrogen) atoms. The molecule has 0 bridgehead atoms. The maximum Gasteiger partial charge on any atom is 0.318 e. The first-order valence-electron chi connectivity index (χ1n) is 10.9. The highest BCUT2D eigenvalue weighted by molar-refractivity contribution is 6.36. The Morgan fingerprint density at radius 3 is 2.84 bits per heavy atom. The molecule has 1 N–H and O–H groups in total. The Labute approximate surface area is 192 Å². The number of anilines is 2. The van der Waals surface area contributed by atoms with Crippen molar-refractivity contribution in [1.29, 1.82) is 5.26 Å². The van der Waals surface area contributed by atoms with E-state index in [4.69, 9.17) is 31.6 Å². The lowest BCUT2D eigenvalue weighted by Gasteiger charge is -2.37. The third-order valence-corrected chi connectivity index (χ3v) is 6.59. The molecular formula is C24H25ClN6O. The summed E-state index contributed by atoms with van der Waals surface area (Å²) >= 11 is 6.59. The number of fused-ring (bicyclic) bond motifs is 2. The van der Waals surface area contributed by atoms with E-state index >= 15 is 0 Å². The van der Waals surface area contributed by atoms with Crippen LogP contribution >= 0.6 is 11.6 Å². The average molecular weight is 449 g/mol. The SMILES string of the molecule is COc1nc2c(c(N3CCN[C@@H](CC#N)C3)n1)CCN(c1cccc3cccc(Cl)c13)C2. The van der Waals surface area contributed by atoms with Crippen LogP contribution in [0.5, 0.6) is 6.01 Å². The summed E-state index contributed by atoms with van der Waals surface area (Å²) in [6.45, 7) is 3.95. The normalized spacial score (nSPS) is 18.3. The summed E-state index contributed by atoms with van der Waals surface area (Å²) in [5, 5.41) is 15.5. The molecule has 0 radical (unpaired) electrons. The van der Waals surface area contributed by atoms with Gasteiger partial charge in [0.25, 0.3) is 0 Å². The number of benzene rings is 2. The van der Waals surface area contributed by atoms with Gasteiger partial charge in [0.1, 0.15) is 5.82 Å². The number of piperazine rings is 1. The molecule has 0 spiro atoms. The lowest BCUT2D eigenvalue weighted by molar-refractivity contribution is 0.375. The van der Waals surface area contributed by atoms with E-state index in [-0.39, 0.29) is 6.04 Å². The van der Waals surface area contributed by atoms with Crippen LogP contribution in [-0.4, -0.2) is 49.3 Å². The maximum atomic E-state index is 9.11. The van der Waals surface area contributed by atoms with Gasteiger partial charge in [-0.1, -0.05) is 35.9 Å². The van der Waals surface area contributed by atoms with Crippen molar-refractivity contribution in [2.75, 3.05) is 43.1 Å². The van der Waals surface area contributed by atoms with Crippen molar-refractivity contribution in [3.05, 3.63) is 52.7 Å². The number of methoxy groups -OCH3 is 1. The molecule has 3 aromatic rings. The highest BCUT2D eigenvalue weighted by Crippen LogP contribution is 2.36. The number of rotatable bonds is 4. The molecule has 2 aliphatic rings. The van der Waals surface area contributed by atoms with Crippen LogP contribution in [0.15, 0.2) is 36.4 Å². The van der Waals surface area contributed by atoms with Crippen LogP contribution < -0.4 is 19.9 Å². The Kier molecular flexibility index (Phi) is 5.73. The number of nitriles is 1. The highest BCUT2D eigenvalue weighted by Gasteiger charge is 2.29. The van der Waals surface area contributed by atoms with Gasteiger partial charge in [0.2, 0.25) is 0 Å². The number of hydrogen-bond acceptors (Lipinski definition) is 7. The molecule has 8 heteroatoms. The summed E-state index contributed by atoms with van der Waals surface area (Å²) in [7, 11) is 1.60. The number of nitrogens with one attached hydrogen (secondary N) is 1. The van der Waals surface area contributed by atoms with Crippen LogP contribution in [0.25, 0.3) is 10.8 Å². The van der Waals surface area contributed by atoms with Gasteiger partial charge in [0, 0.05) is 48.9 Å². The summed E-state index contributed by atoms with van der Waals surface area (Å²) in [4.78, 5) is 14.1. The van der Waals surface area contributed by atoms with Gasteiger partial charge in [0.15, 0.2) is 0 Å². The minimum absolute atomic E-state index is 0.142. The Morgan fingerprint density at radius 2 is 2.03 bits per heavy atom. The van der Waals surface area contributed by atoms with Gasteiger partial charge in [-0.25, -0.2) is 0 Å². The first kappa shape index (κ1) is 20.8. The van der Waals surface area contributed by atoms with E-state index < -0.39 is 0 Å². The zero-order valence-electron chi connectivity index (χ0n) is 18.0. The van der Waals surface area contributed by atoms with Crippen LogP contribution in [0.3, 0.4) is 0 Å². The molecule has 7 nitrogen and oxygen atoms in total. The Hall–Kier alpha value is -3.08. The van der Waals surface area contributed by atoms with Crippen LogP contribution in [0.1, 0.15) is 17.7 Å². The summed E-state index contributed by atoms with van der Waals surface area (Å²) in [6, 6.07) is 15.1. The second kappa shape index (κ2) is 8.81. The van der Waals surface area contributed by atoms with E-state index in [0.717, 1.165) is 65.6 Å². The van der Waals surface area contributed by atoms with E-state index in [1.807, 2.05) is 12.1 Å². The predicted molar refractivity (Wildman–Crippen MR) is 127 cm³/mol. The molecule has 1 saturated heterocycles. The third-order valence-electron chi connectivity index (χ3n) is 6.27. The van der Waals surface area contributed by atoms with Gasteiger partial charge in [-0.05, 0) is 23.9 Å². The molecule has 0 unspecified atom stereocenters. The molecule has 164 valence electrons. The summed E-state index contributed by atoms with van der Waals surface area (Å²) in [5.41, 5.74) is 3.28. The van der Waals surface area contributed by atoms with Gasteiger partial charge < -0.3 is 19.9 Å². The van der Waals surface area contributed by atoms with E-state index in [9.17, 15) is 0 Å². The molecule has 2 aromatic carbocycles. The second-order valence-electron chi connectivity index (χ2n) is 8.21. The molecule has 1 atom stereocenters. The van der Waals surface area contributed by atoms with Crippen LogP contribution in [-0.2, 0) is 13.0 Å². The molecule has 0 amide bonds. The maximum absolute atomic E-state index is 9.11. The van der Waals surface area contributed by atoms with E-state index in [1.165, 1.54) is 5.56 Å². The van der Waals surface area contributed by atoms with Crippen molar-refractivity contribution in [3.63, 3.8) is 0 Å². The number of ether oxygens (including phenoxy) is 1. The third kappa shape index (κ3) is 3.81. The van der Waals surface area contributed by atoms with Crippen LogP contribution in [0.4, 0.5) is 11.5 Å². The molecular weight excluding hydrogens is 424 g/mol. The van der Waals surface area contributed by atoms with Crippen LogP contribution in [0.2, 0.25) is 5.02 Å². The topological polar surface area (TPSA) is 77.3 Å². The lowest BCUT2D eigenvalue weighted by atomic mass is 10.0. The van der Waals surface area contributed by atoms with Crippen molar-refractivity contribution < 1.29 is 4.74 Å². The first-order valence-corrected chi connectivity index (χ1v) is 11.3. The smallest absolute Gasteiger partial charge is 0.318 e. The van der Waals surface area contributed by atoms with Gasteiger partial charge in [-0.15, -0.1) is 0 Å². The summed E-state index contributed by atoms with van der Waals surface area (Å²) in [5.74, 6) is 0.937. The molecule has 0 aliphatic carbocycles. The number of hydrogen-bond donors (Lipinski definition) is 1. The fourth-order valence-electron chi connectivity index (χ4n) is 4.75. The molecule has 3 heterocycles. The van der Waals surface area contributed by atoms with Gasteiger partial charge >= 0.3 is 6.01 Å². The van der Waals surface area contributed by atoms with E-state index in [2.05, 4.69) is 45.5 Å². The highest BCUT2D eigenvalue weighted by atomic mass is 35.5. The lowest BCUT2D eigenvalue weighted by Crippen LogP contribution is -2.51. The first-order chi connectivity index (χ1) is 15.7. The molecule has 5 rings (SSSR count). The van der Waals surface area contributed by atoms with Crippen molar-refractivity contribution >= 4 is 33.9 Å². The Morgan fingerprint density at radius 1 is 1.19 bits per heavy atom. The van der Waals surface area contributed by atoms with Crippen molar-refractivity contribution in [2.24, 2.45) is 0 Å². The summed E-state index contributed by atoms with van der Waals surface area (Å²) in [6.07, 6.45) is 1.32. The predicted octanol–water partition coefficient (Wildman–Crippen LogP) is 3.55. The van der Waals surface area contributed by atoms with Gasteiger partial charge in [-0.2, -0.15) is 15.2 Å². The van der Waals surface area contributed by atoms with Crippen molar-refractivity contribution in [1.82, 2.24) is 15.3 Å². The standard InChI is InChI=1S/C24H25ClN6O/c1-32-24-28-20-15-30(21-7-3-5-16-4-2-6-19(25)22(16)21)12-9-18(20)23(29-24)31-13-11-27-17(14-31)8-10-26/h2-7,17,27H,8-9,11-15H2,1H3/t17-/m0/s1. The minimum atomic E-state index is 0.142. The van der Waals surface area contributed by atoms with Gasteiger partial charge in [0.05, 0.1) is 36.9 Å². The fourth-order valence-corrected chi connectivity index (χ4v) is 5.03. The van der Waals surface area contributed by atoms with Gasteiger partial charge in [-0.3, -0.25) is 0 Å². The largest absolute Gasteiger partial charge is 0.467 e. The van der Waals surface area contributed by atoms with Crippen molar-refractivity contribution in [3.8, 4) is 12.1 Å². The zero-order chi connectivity index (χ0) is 22.1. The monoisotopic (exact) mass is 448 g/mol. The van der Waals surface area contributed by atoms with E-state index in [1.54, 1.807) is 7.11 Å². The Balaban J connectivity index is 1.51. The fraction of sp³-hybridized carbons (Fsp3) is 0.375. The molecule has 0 saturated carbocycles. The number of halogens is 1. The van der Waals surface area contributed by atoms with E-state index in [0.29, 0.717) is 19.0 Å². The number of nitrogens with zero attached hydrogens (tertiary/aromatic N) is 5. The molecule has 2 aliphatic heterocycles. The quantitative estimate of drug-likeness (QED) is 0.654. The minimum Gasteiger partial charge on any atom is -0.467 e. The zero-order valence-corrected chi connectivity index (χ0v) is 18.8. The molecule has 1 aromatic heterocycles. The van der Waals surface area contributed by atoms with Crippen LogP contribution in [0, 0.1) is 11.3 Å². The average Bonchev–Trinajstić information content (AvgIpc) is 2.83. The second-order valence-corrected chi connectivity index (χ2v) is 8.61. The Bertz CT molecular complexity index is 1190. The van der Waals surface area contributed by atoms with Crippen molar-refractivity contribution in [2.45, 2.75) is 25.4 Å².